The topological polar surface area (TPSA) is 79.9 Å². The second kappa shape index (κ2) is 6.85. The van der Waals surface area contributed by atoms with Crippen LogP contribution in [-0.2, 0) is 16.4 Å². The van der Waals surface area contributed by atoms with Crippen molar-refractivity contribution in [2.24, 2.45) is 0 Å². The number of hydrogen-bond donors (Lipinski definition) is 0. The molecule has 3 rings (SSSR count). The Kier molecular flexibility index (Phi) is 4.78. The third kappa shape index (κ3) is 3.24. The van der Waals surface area contributed by atoms with Crippen LogP contribution in [0.4, 0.5) is 0 Å². The number of carbonyl (C=O) groups is 1. The van der Waals surface area contributed by atoms with Crippen molar-refractivity contribution in [1.29, 1.82) is 5.26 Å². The van der Waals surface area contributed by atoms with Gasteiger partial charge < -0.3 is 4.57 Å². The lowest BCUT2D eigenvalue weighted by Gasteiger charge is -2.08. The summed E-state index contributed by atoms with van der Waals surface area (Å²) < 4.78 is 26.6. The van der Waals surface area contributed by atoms with Crippen LogP contribution < -0.4 is 0 Å². The minimum absolute atomic E-state index is 0.0888. The van der Waals surface area contributed by atoms with Gasteiger partial charge in [0.2, 0.25) is 5.78 Å². The first kappa shape index (κ1) is 17.4. The van der Waals surface area contributed by atoms with Crippen LogP contribution in [0, 0.1) is 11.3 Å². The zero-order chi connectivity index (χ0) is 18.0. The van der Waals surface area contributed by atoms with E-state index in [9.17, 15) is 13.2 Å². The van der Waals surface area contributed by atoms with Gasteiger partial charge in [0.1, 0.15) is 0 Å². The van der Waals surface area contributed by atoms with E-state index >= 15 is 0 Å². The molecule has 0 amide bonds. The molecule has 0 saturated heterocycles. The Bertz CT molecular complexity index is 951. The first-order valence-electron chi connectivity index (χ1n) is 8.44. The second-order valence-corrected chi connectivity index (χ2v) is 8.40. The summed E-state index contributed by atoms with van der Waals surface area (Å²) in [5.41, 5.74) is 1.73. The Morgan fingerprint density at radius 3 is 2.84 bits per heavy atom. The van der Waals surface area contributed by atoms with Crippen molar-refractivity contribution in [3.05, 3.63) is 53.3 Å². The van der Waals surface area contributed by atoms with Gasteiger partial charge in [-0.05, 0) is 37.1 Å². The fourth-order valence-corrected chi connectivity index (χ4v) is 4.70. The van der Waals surface area contributed by atoms with E-state index in [1.807, 2.05) is 17.6 Å². The van der Waals surface area contributed by atoms with E-state index in [1.165, 1.54) is 12.1 Å². The van der Waals surface area contributed by atoms with Crippen molar-refractivity contribution in [2.75, 3.05) is 5.75 Å². The van der Waals surface area contributed by atoms with Crippen molar-refractivity contribution < 1.29 is 13.2 Å². The summed E-state index contributed by atoms with van der Waals surface area (Å²) in [6.07, 6.45) is 2.11. The lowest BCUT2D eigenvalue weighted by Crippen LogP contribution is -2.11. The molecule has 1 aromatic heterocycles. The molecule has 0 bridgehead atoms. The number of carbonyl (C=O) groups excluding carboxylic acids is 1. The van der Waals surface area contributed by atoms with Crippen molar-refractivity contribution in [2.45, 2.75) is 43.5 Å². The molecule has 5 nitrogen and oxygen atoms in total. The van der Waals surface area contributed by atoms with E-state index in [2.05, 4.69) is 6.07 Å². The summed E-state index contributed by atoms with van der Waals surface area (Å²) in [5, 5.41) is 9.16. The number of ketones is 1. The Balaban J connectivity index is 1.93. The normalized spacial score (nSPS) is 16.4. The fraction of sp³-hybridized carbons (Fsp3) is 0.368. The lowest BCUT2D eigenvalue weighted by molar-refractivity contribution is 0.103. The van der Waals surface area contributed by atoms with E-state index in [1.54, 1.807) is 18.2 Å². The summed E-state index contributed by atoms with van der Waals surface area (Å²) >= 11 is 0. The van der Waals surface area contributed by atoms with Crippen molar-refractivity contribution >= 4 is 15.6 Å². The molecule has 2 heterocycles. The smallest absolute Gasteiger partial charge is 0.209 e. The van der Waals surface area contributed by atoms with Crippen molar-refractivity contribution in [3.63, 3.8) is 0 Å². The fourth-order valence-electron chi connectivity index (χ4n) is 3.20. The molecular weight excluding hydrogens is 336 g/mol. The molecule has 0 fully saturated rings. The van der Waals surface area contributed by atoms with Gasteiger partial charge in [0, 0.05) is 17.8 Å². The molecular formula is C19H20N2O3S. The SMILES string of the molecule is CCCCS(=O)(=O)c1cccc(C(=O)c2ccc3n2CCC3C#N)c1. The Morgan fingerprint density at radius 2 is 2.12 bits per heavy atom. The number of sulfone groups is 1. The first-order chi connectivity index (χ1) is 12.0. The number of unbranched alkanes of at least 4 members (excludes halogenated alkanes) is 1. The molecule has 1 aliphatic heterocycles. The van der Waals surface area contributed by atoms with Gasteiger partial charge in [0.15, 0.2) is 9.84 Å². The molecule has 130 valence electrons. The maximum atomic E-state index is 12.9. The van der Waals surface area contributed by atoms with Crippen LogP contribution in [0.15, 0.2) is 41.3 Å². The van der Waals surface area contributed by atoms with Crippen LogP contribution in [0.25, 0.3) is 0 Å². The highest BCUT2D eigenvalue weighted by Crippen LogP contribution is 2.30. The highest BCUT2D eigenvalue weighted by atomic mass is 32.2. The molecule has 0 spiro atoms. The predicted molar refractivity (Wildman–Crippen MR) is 94.2 cm³/mol. The molecule has 6 heteroatoms. The Labute approximate surface area is 147 Å². The molecule has 0 saturated carbocycles. The zero-order valence-electron chi connectivity index (χ0n) is 14.1. The Morgan fingerprint density at radius 1 is 1.32 bits per heavy atom. The van der Waals surface area contributed by atoms with Gasteiger partial charge >= 0.3 is 0 Å². The molecule has 2 aromatic rings. The number of nitriles is 1. The number of rotatable bonds is 6. The third-order valence-electron chi connectivity index (χ3n) is 4.62. The summed E-state index contributed by atoms with van der Waals surface area (Å²) in [5.74, 6) is -0.300. The summed E-state index contributed by atoms with van der Waals surface area (Å²) in [6, 6.07) is 12.0. The minimum Gasteiger partial charge on any atom is -0.341 e. The summed E-state index contributed by atoms with van der Waals surface area (Å²) in [7, 11) is -3.37. The second-order valence-electron chi connectivity index (χ2n) is 6.29. The third-order valence-corrected chi connectivity index (χ3v) is 6.42. The number of aromatic nitrogens is 1. The standard InChI is InChI=1S/C19H20N2O3S/c1-2-3-11-25(23,24)16-6-4-5-14(12-16)19(22)18-8-7-17-15(13-20)9-10-21(17)18/h4-8,12,15H,2-3,9-11H2,1H3. The molecule has 1 aromatic carbocycles. The van der Waals surface area contributed by atoms with Crippen LogP contribution in [0.1, 0.15) is 53.8 Å². The largest absolute Gasteiger partial charge is 0.341 e. The van der Waals surface area contributed by atoms with Gasteiger partial charge in [-0.3, -0.25) is 4.79 Å². The minimum atomic E-state index is -3.37. The van der Waals surface area contributed by atoms with Crippen molar-refractivity contribution in [3.8, 4) is 6.07 Å². The lowest BCUT2D eigenvalue weighted by atomic mass is 10.1. The van der Waals surface area contributed by atoms with Gasteiger partial charge in [-0.25, -0.2) is 8.42 Å². The maximum Gasteiger partial charge on any atom is 0.209 e. The number of hydrogen-bond acceptors (Lipinski definition) is 4. The highest BCUT2D eigenvalue weighted by molar-refractivity contribution is 7.91. The first-order valence-corrected chi connectivity index (χ1v) is 10.1. The molecule has 1 unspecified atom stereocenters. The monoisotopic (exact) mass is 356 g/mol. The molecule has 0 N–H and O–H groups in total. The van der Waals surface area contributed by atoms with E-state index in [0.29, 0.717) is 30.6 Å². The van der Waals surface area contributed by atoms with E-state index < -0.39 is 9.84 Å². The van der Waals surface area contributed by atoms with E-state index in [-0.39, 0.29) is 22.3 Å². The average Bonchev–Trinajstić information content (AvgIpc) is 3.21. The number of benzene rings is 1. The van der Waals surface area contributed by atoms with Crippen LogP contribution in [0.3, 0.4) is 0 Å². The van der Waals surface area contributed by atoms with Gasteiger partial charge in [-0.2, -0.15) is 5.26 Å². The molecule has 1 aliphatic rings. The van der Waals surface area contributed by atoms with Crippen LogP contribution in [-0.4, -0.2) is 24.5 Å². The quantitative estimate of drug-likeness (QED) is 0.744. The summed E-state index contributed by atoms with van der Waals surface area (Å²) in [6.45, 7) is 2.58. The summed E-state index contributed by atoms with van der Waals surface area (Å²) in [4.78, 5) is 13.0. The van der Waals surface area contributed by atoms with Crippen molar-refractivity contribution in [1.82, 2.24) is 4.57 Å². The molecule has 0 aliphatic carbocycles. The molecule has 25 heavy (non-hydrogen) atoms. The average molecular weight is 356 g/mol. The molecule has 0 radical (unpaired) electrons. The van der Waals surface area contributed by atoms with Crippen LogP contribution in [0.2, 0.25) is 0 Å². The van der Waals surface area contributed by atoms with Crippen LogP contribution in [0.5, 0.6) is 0 Å². The number of nitrogens with zero attached hydrogens (tertiary/aromatic N) is 2. The van der Waals surface area contributed by atoms with Gasteiger partial charge in [-0.1, -0.05) is 25.5 Å². The van der Waals surface area contributed by atoms with Gasteiger partial charge in [0.25, 0.3) is 0 Å². The van der Waals surface area contributed by atoms with Crippen LogP contribution >= 0.6 is 0 Å². The zero-order valence-corrected chi connectivity index (χ0v) is 14.9. The van der Waals surface area contributed by atoms with Gasteiger partial charge in [-0.15, -0.1) is 0 Å². The van der Waals surface area contributed by atoms with E-state index in [4.69, 9.17) is 5.26 Å². The highest BCUT2D eigenvalue weighted by Gasteiger charge is 2.27. The van der Waals surface area contributed by atoms with E-state index in [0.717, 1.165) is 12.1 Å². The van der Waals surface area contributed by atoms with Gasteiger partial charge in [0.05, 0.1) is 28.3 Å². The molecule has 1 atom stereocenters. The Hall–Kier alpha value is -2.39. The maximum absolute atomic E-state index is 12.9. The number of fused-ring (bicyclic) bond motifs is 1. The predicted octanol–water partition coefficient (Wildman–Crippen LogP) is 3.30.